The van der Waals surface area contributed by atoms with Gasteiger partial charge in [-0.2, -0.15) is 0 Å². The van der Waals surface area contributed by atoms with E-state index in [0.717, 1.165) is 30.8 Å². The van der Waals surface area contributed by atoms with E-state index in [1.165, 1.54) is 4.90 Å². The molecule has 0 aromatic heterocycles. The Bertz CT molecular complexity index is 762. The molecule has 6 nitrogen and oxygen atoms in total. The van der Waals surface area contributed by atoms with Crippen molar-refractivity contribution in [1.82, 2.24) is 9.80 Å². The lowest BCUT2D eigenvalue weighted by molar-refractivity contribution is -0.137. The minimum atomic E-state index is -0.212. The molecular weight excluding hydrogens is 368 g/mol. The second-order valence-corrected chi connectivity index (χ2v) is 8.14. The number of hydrogen-bond donors (Lipinski definition) is 0. The Morgan fingerprint density at radius 3 is 2.28 bits per heavy atom. The topological polar surface area (TPSA) is 59.1 Å². The van der Waals surface area contributed by atoms with Gasteiger partial charge in [-0.25, -0.2) is 0 Å². The summed E-state index contributed by atoms with van der Waals surface area (Å²) in [5.41, 5.74) is 1.83. The van der Waals surface area contributed by atoms with Crippen LogP contribution in [0.25, 0.3) is 5.57 Å². The average molecular weight is 401 g/mol. The van der Waals surface area contributed by atoms with Crippen LogP contribution >= 0.6 is 0 Å². The van der Waals surface area contributed by atoms with E-state index in [4.69, 9.17) is 9.47 Å². The van der Waals surface area contributed by atoms with E-state index in [-0.39, 0.29) is 11.8 Å². The van der Waals surface area contributed by atoms with Gasteiger partial charge < -0.3 is 14.4 Å². The van der Waals surface area contributed by atoms with Gasteiger partial charge in [0.15, 0.2) is 0 Å². The van der Waals surface area contributed by atoms with E-state index in [0.29, 0.717) is 49.3 Å². The van der Waals surface area contributed by atoms with Gasteiger partial charge >= 0.3 is 0 Å². The third-order valence-corrected chi connectivity index (χ3v) is 5.51. The second kappa shape index (κ2) is 9.44. The Hall–Kier alpha value is -2.34. The molecule has 1 fully saturated rings. The molecule has 2 atom stereocenters. The molecule has 1 saturated heterocycles. The predicted octanol–water partition coefficient (Wildman–Crippen LogP) is 3.18. The Morgan fingerprint density at radius 1 is 1.03 bits per heavy atom. The highest BCUT2D eigenvalue weighted by molar-refractivity contribution is 6.35. The van der Waals surface area contributed by atoms with Gasteiger partial charge in [-0.15, -0.1) is 0 Å². The quantitative estimate of drug-likeness (QED) is 0.495. The number of nitrogens with zero attached hydrogens (tertiary/aromatic N) is 2. The summed E-state index contributed by atoms with van der Waals surface area (Å²) >= 11 is 0. The van der Waals surface area contributed by atoms with Gasteiger partial charge in [0.05, 0.1) is 12.2 Å². The van der Waals surface area contributed by atoms with Gasteiger partial charge in [0, 0.05) is 33.4 Å². The predicted molar refractivity (Wildman–Crippen MR) is 112 cm³/mol. The fourth-order valence-electron chi connectivity index (χ4n) is 4.42. The van der Waals surface area contributed by atoms with Crippen molar-refractivity contribution in [3.05, 3.63) is 35.5 Å². The molecule has 2 amide bonds. The molecule has 158 valence electrons. The normalized spacial score (nSPS) is 22.6. The summed E-state index contributed by atoms with van der Waals surface area (Å²) in [4.78, 5) is 30.1. The molecule has 2 heterocycles. The van der Waals surface area contributed by atoms with E-state index >= 15 is 0 Å². The molecule has 0 aliphatic carbocycles. The van der Waals surface area contributed by atoms with E-state index in [9.17, 15) is 9.59 Å². The Kier molecular flexibility index (Phi) is 6.96. The standard InChI is InChI=1S/C23H32N2O4/c1-5-29-19-9-7-18(8-10-19)20-21(24-14-16(2)13-17(3)15-24)23(27)25(22(20)26)11-6-12-28-4/h7-10,16-17H,5-6,11-15H2,1-4H3. The first-order valence-corrected chi connectivity index (χ1v) is 10.5. The molecule has 29 heavy (non-hydrogen) atoms. The van der Waals surface area contributed by atoms with Crippen LogP contribution in [0.4, 0.5) is 0 Å². The zero-order valence-electron chi connectivity index (χ0n) is 17.9. The maximum absolute atomic E-state index is 13.3. The number of carbonyl (C=O) groups is 2. The third kappa shape index (κ3) is 4.64. The highest BCUT2D eigenvalue weighted by atomic mass is 16.5. The molecule has 1 aromatic rings. The number of hydrogen-bond acceptors (Lipinski definition) is 5. The lowest BCUT2D eigenvalue weighted by Gasteiger charge is -2.37. The van der Waals surface area contributed by atoms with Gasteiger partial charge in [-0.05, 0) is 49.3 Å². The Balaban J connectivity index is 1.97. The lowest BCUT2D eigenvalue weighted by atomic mass is 9.91. The summed E-state index contributed by atoms with van der Waals surface area (Å²) in [7, 11) is 1.62. The maximum atomic E-state index is 13.3. The second-order valence-electron chi connectivity index (χ2n) is 8.14. The highest BCUT2D eigenvalue weighted by Gasteiger charge is 2.42. The van der Waals surface area contributed by atoms with Crippen molar-refractivity contribution in [2.75, 3.05) is 40.0 Å². The molecule has 2 aliphatic rings. The minimum absolute atomic E-state index is 0.184. The molecule has 6 heteroatoms. The highest BCUT2D eigenvalue weighted by Crippen LogP contribution is 2.35. The van der Waals surface area contributed by atoms with Crippen LogP contribution in [0.15, 0.2) is 30.0 Å². The summed E-state index contributed by atoms with van der Waals surface area (Å²) in [6, 6.07) is 7.47. The van der Waals surface area contributed by atoms with Crippen molar-refractivity contribution in [2.45, 2.75) is 33.6 Å². The van der Waals surface area contributed by atoms with E-state index < -0.39 is 0 Å². The molecule has 0 N–H and O–H groups in total. The van der Waals surface area contributed by atoms with E-state index in [2.05, 4.69) is 18.7 Å². The van der Waals surface area contributed by atoms with Crippen molar-refractivity contribution in [3.63, 3.8) is 0 Å². The molecule has 0 spiro atoms. The van der Waals surface area contributed by atoms with Crippen LogP contribution < -0.4 is 4.74 Å². The van der Waals surface area contributed by atoms with Gasteiger partial charge in [-0.3, -0.25) is 14.5 Å². The van der Waals surface area contributed by atoms with Gasteiger partial charge in [-0.1, -0.05) is 26.0 Å². The van der Waals surface area contributed by atoms with Crippen LogP contribution in [0, 0.1) is 11.8 Å². The number of likely N-dealkylation sites (tertiary alicyclic amines) is 1. The van der Waals surface area contributed by atoms with Crippen molar-refractivity contribution >= 4 is 17.4 Å². The summed E-state index contributed by atoms with van der Waals surface area (Å²) in [5, 5.41) is 0. The van der Waals surface area contributed by atoms with Crippen LogP contribution in [0.1, 0.15) is 39.2 Å². The first-order chi connectivity index (χ1) is 14.0. The third-order valence-electron chi connectivity index (χ3n) is 5.51. The van der Waals surface area contributed by atoms with Gasteiger partial charge in [0.2, 0.25) is 0 Å². The average Bonchev–Trinajstić information content (AvgIpc) is 2.93. The number of methoxy groups -OCH3 is 1. The first-order valence-electron chi connectivity index (χ1n) is 10.5. The number of ether oxygens (including phenoxy) is 2. The van der Waals surface area contributed by atoms with Crippen molar-refractivity contribution in [1.29, 1.82) is 0 Å². The molecule has 3 rings (SSSR count). The zero-order valence-corrected chi connectivity index (χ0v) is 17.9. The fraction of sp³-hybridized carbons (Fsp3) is 0.565. The smallest absolute Gasteiger partial charge is 0.277 e. The monoisotopic (exact) mass is 400 g/mol. The molecular formula is C23H32N2O4. The van der Waals surface area contributed by atoms with E-state index in [1.807, 2.05) is 31.2 Å². The molecule has 0 bridgehead atoms. The zero-order chi connectivity index (χ0) is 21.0. The van der Waals surface area contributed by atoms with Gasteiger partial charge in [0.1, 0.15) is 11.4 Å². The van der Waals surface area contributed by atoms with Gasteiger partial charge in [0.25, 0.3) is 11.8 Å². The Labute approximate surface area is 173 Å². The lowest BCUT2D eigenvalue weighted by Crippen LogP contribution is -2.42. The summed E-state index contributed by atoms with van der Waals surface area (Å²) in [6.07, 6.45) is 1.77. The largest absolute Gasteiger partial charge is 0.494 e. The molecule has 2 aliphatic heterocycles. The van der Waals surface area contributed by atoms with E-state index in [1.54, 1.807) is 7.11 Å². The molecule has 0 radical (unpaired) electrons. The summed E-state index contributed by atoms with van der Waals surface area (Å²) in [6.45, 7) is 9.41. The summed E-state index contributed by atoms with van der Waals surface area (Å²) in [5.74, 6) is 1.33. The molecule has 0 saturated carbocycles. The SMILES string of the molecule is CCOc1ccc(C2=C(N3CC(C)CC(C)C3)C(=O)N(CCCOC)C2=O)cc1. The number of imide groups is 1. The van der Waals surface area contributed by atoms with Crippen molar-refractivity contribution in [3.8, 4) is 5.75 Å². The van der Waals surface area contributed by atoms with Crippen LogP contribution in [0.3, 0.4) is 0 Å². The van der Waals surface area contributed by atoms with Crippen LogP contribution in [-0.4, -0.2) is 61.6 Å². The summed E-state index contributed by atoms with van der Waals surface area (Å²) < 4.78 is 10.6. The molecule has 1 aromatic carbocycles. The number of rotatable bonds is 8. The number of benzene rings is 1. The van der Waals surface area contributed by atoms with Crippen LogP contribution in [0.2, 0.25) is 0 Å². The molecule has 2 unspecified atom stereocenters. The minimum Gasteiger partial charge on any atom is -0.494 e. The maximum Gasteiger partial charge on any atom is 0.277 e. The van der Waals surface area contributed by atoms with Crippen LogP contribution in [-0.2, 0) is 14.3 Å². The number of piperidine rings is 1. The first kappa shape index (κ1) is 21.4. The fourth-order valence-corrected chi connectivity index (χ4v) is 4.42. The number of amides is 2. The Morgan fingerprint density at radius 2 is 1.69 bits per heavy atom. The van der Waals surface area contributed by atoms with Crippen molar-refractivity contribution in [2.24, 2.45) is 11.8 Å². The number of carbonyl (C=O) groups excluding carboxylic acids is 2. The van der Waals surface area contributed by atoms with Crippen molar-refractivity contribution < 1.29 is 19.1 Å². The van der Waals surface area contributed by atoms with Crippen LogP contribution in [0.5, 0.6) is 5.75 Å².